The third kappa shape index (κ3) is 4.01. The van der Waals surface area contributed by atoms with Crippen LogP contribution in [0.5, 0.6) is 0 Å². The Hall–Kier alpha value is -1.45. The summed E-state index contributed by atoms with van der Waals surface area (Å²) in [6.07, 6.45) is 1.00. The molecule has 1 atom stereocenters. The molecule has 0 heterocycles. The second-order valence-corrected chi connectivity index (χ2v) is 7.65. The highest BCUT2D eigenvalue weighted by atomic mass is 32.2. The molecule has 1 rings (SSSR count). The molecular formula is C10H13NO6S2. The normalized spacial score (nSPS) is 14.0. The lowest BCUT2D eigenvalue weighted by molar-refractivity contribution is -0.138. The first-order valence-electron chi connectivity index (χ1n) is 5.09. The fourth-order valence-corrected chi connectivity index (χ4v) is 3.04. The van der Waals surface area contributed by atoms with Crippen molar-refractivity contribution in [2.75, 3.05) is 6.26 Å². The Bertz CT molecular complexity index is 675. The Kier molecular flexibility index (Phi) is 4.33. The van der Waals surface area contributed by atoms with Crippen LogP contribution in [0.25, 0.3) is 0 Å². The van der Waals surface area contributed by atoms with E-state index in [2.05, 4.69) is 0 Å². The molecule has 1 aromatic carbocycles. The number of sulfonamides is 1. The maximum Gasteiger partial charge on any atom is 0.321 e. The number of sulfone groups is 1. The SMILES string of the molecule is C[C@@H](NS(=O)(=O)c1ccc(S(C)(=O)=O)cc1)C(=O)O. The van der Waals surface area contributed by atoms with Gasteiger partial charge >= 0.3 is 5.97 Å². The molecule has 19 heavy (non-hydrogen) atoms. The number of hydrogen-bond acceptors (Lipinski definition) is 5. The minimum Gasteiger partial charge on any atom is -0.480 e. The first kappa shape index (κ1) is 15.6. The van der Waals surface area contributed by atoms with Gasteiger partial charge in [0.15, 0.2) is 9.84 Å². The fourth-order valence-electron chi connectivity index (χ4n) is 1.22. The van der Waals surface area contributed by atoms with Crippen LogP contribution in [0.4, 0.5) is 0 Å². The molecule has 0 saturated carbocycles. The van der Waals surface area contributed by atoms with Gasteiger partial charge in [0, 0.05) is 6.26 Å². The fraction of sp³-hybridized carbons (Fsp3) is 0.300. The van der Waals surface area contributed by atoms with E-state index in [0.29, 0.717) is 0 Å². The Morgan fingerprint density at radius 3 is 1.89 bits per heavy atom. The van der Waals surface area contributed by atoms with Crippen molar-refractivity contribution in [3.8, 4) is 0 Å². The maximum atomic E-state index is 11.8. The quantitative estimate of drug-likeness (QED) is 0.780. The number of carboxylic acids is 1. The summed E-state index contributed by atoms with van der Waals surface area (Å²) in [5.41, 5.74) is 0. The van der Waals surface area contributed by atoms with Crippen molar-refractivity contribution in [1.29, 1.82) is 0 Å². The second kappa shape index (κ2) is 5.27. The zero-order chi connectivity index (χ0) is 14.8. The average molecular weight is 307 g/mol. The monoisotopic (exact) mass is 307 g/mol. The van der Waals surface area contributed by atoms with Crippen molar-refractivity contribution in [3.63, 3.8) is 0 Å². The molecule has 0 aliphatic carbocycles. The van der Waals surface area contributed by atoms with Gasteiger partial charge in [-0.3, -0.25) is 4.79 Å². The van der Waals surface area contributed by atoms with Crippen LogP contribution in [0.1, 0.15) is 6.92 Å². The summed E-state index contributed by atoms with van der Waals surface area (Å²) >= 11 is 0. The van der Waals surface area contributed by atoms with Gasteiger partial charge in [0.2, 0.25) is 10.0 Å². The summed E-state index contributed by atoms with van der Waals surface area (Å²) in [6.45, 7) is 1.19. The number of hydrogen-bond donors (Lipinski definition) is 2. The molecule has 0 aliphatic heterocycles. The summed E-state index contributed by atoms with van der Waals surface area (Å²) < 4.78 is 48.0. The molecule has 0 amide bonds. The summed E-state index contributed by atoms with van der Waals surface area (Å²) in [6, 6.07) is 3.23. The lowest BCUT2D eigenvalue weighted by Gasteiger charge is -2.10. The number of rotatable bonds is 5. The molecule has 0 radical (unpaired) electrons. The lowest BCUT2D eigenvalue weighted by atomic mass is 10.4. The van der Waals surface area contributed by atoms with Crippen LogP contribution in [0, 0.1) is 0 Å². The molecule has 0 saturated heterocycles. The van der Waals surface area contributed by atoms with E-state index in [9.17, 15) is 21.6 Å². The van der Waals surface area contributed by atoms with Crippen molar-refractivity contribution >= 4 is 25.8 Å². The van der Waals surface area contributed by atoms with Gasteiger partial charge in [-0.2, -0.15) is 4.72 Å². The van der Waals surface area contributed by atoms with Gasteiger partial charge in [0.05, 0.1) is 9.79 Å². The number of carboxylic acid groups (broad SMARTS) is 1. The largest absolute Gasteiger partial charge is 0.480 e. The highest BCUT2D eigenvalue weighted by molar-refractivity contribution is 7.90. The molecule has 0 aromatic heterocycles. The zero-order valence-corrected chi connectivity index (χ0v) is 11.8. The predicted octanol–water partition coefficient (Wildman–Crippen LogP) is -0.159. The molecule has 0 fully saturated rings. The number of nitrogens with one attached hydrogen (secondary N) is 1. The van der Waals surface area contributed by atoms with Gasteiger partial charge < -0.3 is 5.11 Å². The van der Waals surface area contributed by atoms with Gasteiger partial charge in [0.25, 0.3) is 0 Å². The minimum atomic E-state index is -3.99. The van der Waals surface area contributed by atoms with Gasteiger partial charge in [0.1, 0.15) is 6.04 Å². The molecule has 106 valence electrons. The Morgan fingerprint density at radius 2 is 1.53 bits per heavy atom. The van der Waals surface area contributed by atoms with Gasteiger partial charge in [-0.05, 0) is 31.2 Å². The number of aliphatic carboxylic acids is 1. The van der Waals surface area contributed by atoms with Crippen LogP contribution in [0.2, 0.25) is 0 Å². The highest BCUT2D eigenvalue weighted by Gasteiger charge is 2.21. The molecular weight excluding hydrogens is 294 g/mol. The van der Waals surface area contributed by atoms with E-state index in [1.807, 2.05) is 4.72 Å². The van der Waals surface area contributed by atoms with Crippen LogP contribution < -0.4 is 4.72 Å². The minimum absolute atomic E-state index is 0.0160. The topological polar surface area (TPSA) is 118 Å². The second-order valence-electron chi connectivity index (χ2n) is 3.92. The van der Waals surface area contributed by atoms with Crippen LogP contribution in [0.15, 0.2) is 34.1 Å². The lowest BCUT2D eigenvalue weighted by Crippen LogP contribution is -2.38. The molecule has 1 aromatic rings. The molecule has 0 aliphatic rings. The van der Waals surface area contributed by atoms with Crippen molar-refractivity contribution in [1.82, 2.24) is 4.72 Å². The number of carbonyl (C=O) groups is 1. The van der Waals surface area contributed by atoms with Gasteiger partial charge in [-0.25, -0.2) is 16.8 Å². The molecule has 7 nitrogen and oxygen atoms in total. The average Bonchev–Trinajstić information content (AvgIpc) is 2.27. The van der Waals surface area contributed by atoms with Crippen molar-refractivity contribution in [2.45, 2.75) is 22.8 Å². The third-order valence-corrected chi connectivity index (χ3v) is 4.95. The molecule has 0 unspecified atom stereocenters. The standard InChI is InChI=1S/C10H13NO6S2/c1-7(10(12)13)11-19(16,17)9-5-3-8(4-6-9)18(2,14)15/h3-7,11H,1-2H3,(H,12,13)/t7-/m1/s1. The molecule has 9 heteroatoms. The van der Waals surface area contributed by atoms with E-state index in [1.165, 1.54) is 6.92 Å². The third-order valence-electron chi connectivity index (χ3n) is 2.26. The van der Waals surface area contributed by atoms with Gasteiger partial charge in [-0.15, -0.1) is 0 Å². The van der Waals surface area contributed by atoms with Crippen LogP contribution >= 0.6 is 0 Å². The van der Waals surface area contributed by atoms with Crippen LogP contribution in [-0.4, -0.2) is 40.2 Å². The summed E-state index contributed by atoms with van der Waals surface area (Å²) in [5.74, 6) is -1.31. The molecule has 0 spiro atoms. The van der Waals surface area contributed by atoms with E-state index in [-0.39, 0.29) is 9.79 Å². The summed E-state index contributed by atoms with van der Waals surface area (Å²) in [4.78, 5) is 10.4. The number of benzene rings is 1. The van der Waals surface area contributed by atoms with Crippen LogP contribution in [0.3, 0.4) is 0 Å². The molecule has 2 N–H and O–H groups in total. The summed E-state index contributed by atoms with van der Waals surface area (Å²) in [5, 5.41) is 8.64. The first-order valence-corrected chi connectivity index (χ1v) is 8.47. The van der Waals surface area contributed by atoms with E-state index >= 15 is 0 Å². The summed E-state index contributed by atoms with van der Waals surface area (Å²) in [7, 11) is -7.40. The van der Waals surface area contributed by atoms with Crippen molar-refractivity contribution < 1.29 is 26.7 Å². The molecule has 0 bridgehead atoms. The Balaban J connectivity index is 3.07. The van der Waals surface area contributed by atoms with Crippen molar-refractivity contribution in [3.05, 3.63) is 24.3 Å². The maximum absolute atomic E-state index is 11.8. The van der Waals surface area contributed by atoms with E-state index in [0.717, 1.165) is 30.5 Å². The smallest absolute Gasteiger partial charge is 0.321 e. The van der Waals surface area contributed by atoms with Crippen molar-refractivity contribution in [2.24, 2.45) is 0 Å². The predicted molar refractivity (Wildman–Crippen MR) is 67.0 cm³/mol. The van der Waals surface area contributed by atoms with E-state index in [1.54, 1.807) is 0 Å². The Labute approximate surface area is 111 Å². The zero-order valence-electron chi connectivity index (χ0n) is 10.2. The van der Waals surface area contributed by atoms with Crippen LogP contribution in [-0.2, 0) is 24.7 Å². The Morgan fingerprint density at radius 1 is 1.11 bits per heavy atom. The first-order chi connectivity index (χ1) is 8.54. The van der Waals surface area contributed by atoms with E-state index < -0.39 is 31.9 Å². The highest BCUT2D eigenvalue weighted by Crippen LogP contribution is 2.14. The van der Waals surface area contributed by atoms with E-state index in [4.69, 9.17) is 5.11 Å². The van der Waals surface area contributed by atoms with Gasteiger partial charge in [-0.1, -0.05) is 0 Å².